The molecule has 1 aliphatic heterocycles. The number of imide groups is 1. The van der Waals surface area contributed by atoms with E-state index in [2.05, 4.69) is 5.32 Å². The normalized spacial score (nSPS) is 13.8. The van der Waals surface area contributed by atoms with Crippen molar-refractivity contribution in [3.8, 4) is 5.75 Å². The quantitative estimate of drug-likeness (QED) is 0.507. The van der Waals surface area contributed by atoms with E-state index in [0.717, 1.165) is 11.4 Å². The third-order valence-corrected chi connectivity index (χ3v) is 4.93. The number of hydrogen-bond acceptors (Lipinski definition) is 6. The number of carbonyl (C=O) groups is 2. The Kier molecular flexibility index (Phi) is 6.74. The Balaban J connectivity index is 1.95. The first-order valence-corrected chi connectivity index (χ1v) is 9.74. The van der Waals surface area contributed by atoms with Gasteiger partial charge in [0.1, 0.15) is 11.4 Å². The molecule has 0 fully saturated rings. The van der Waals surface area contributed by atoms with Gasteiger partial charge >= 0.3 is 0 Å². The number of ether oxygens (including phenoxy) is 2. The Labute approximate surface area is 176 Å². The highest BCUT2D eigenvalue weighted by Gasteiger charge is 2.38. The van der Waals surface area contributed by atoms with E-state index in [9.17, 15) is 9.59 Å². The minimum atomic E-state index is -0.335. The lowest BCUT2D eigenvalue weighted by atomic mass is 10.0. The summed E-state index contributed by atoms with van der Waals surface area (Å²) in [6.45, 7) is 0.777. The molecule has 30 heavy (non-hydrogen) atoms. The zero-order chi connectivity index (χ0) is 21.7. The molecule has 7 nitrogen and oxygen atoms in total. The van der Waals surface area contributed by atoms with Crippen molar-refractivity contribution in [2.45, 2.75) is 6.42 Å². The number of nitrogens with zero attached hydrogens (tertiary/aromatic N) is 2. The predicted molar refractivity (Wildman–Crippen MR) is 118 cm³/mol. The summed E-state index contributed by atoms with van der Waals surface area (Å²) in [6.07, 6.45) is 0.578. The van der Waals surface area contributed by atoms with Crippen molar-refractivity contribution in [2.75, 3.05) is 51.7 Å². The van der Waals surface area contributed by atoms with Crippen molar-refractivity contribution in [2.24, 2.45) is 0 Å². The zero-order valence-corrected chi connectivity index (χ0v) is 17.8. The van der Waals surface area contributed by atoms with Gasteiger partial charge in [0.2, 0.25) is 0 Å². The molecule has 0 radical (unpaired) electrons. The van der Waals surface area contributed by atoms with Crippen LogP contribution in [0, 0.1) is 0 Å². The number of methoxy groups -OCH3 is 2. The van der Waals surface area contributed by atoms with Crippen molar-refractivity contribution in [3.05, 3.63) is 59.8 Å². The largest absolute Gasteiger partial charge is 0.497 e. The van der Waals surface area contributed by atoms with Crippen LogP contribution in [0.15, 0.2) is 54.2 Å². The smallest absolute Gasteiger partial charge is 0.278 e. The van der Waals surface area contributed by atoms with E-state index in [4.69, 9.17) is 9.47 Å². The molecule has 2 amide bonds. The Morgan fingerprint density at radius 3 is 2.17 bits per heavy atom. The number of benzene rings is 2. The SMILES string of the molecule is COCCCN1C(=O)C(Nc2ccc(N(C)C)cc2)=C(c2ccc(OC)cc2)C1=O. The zero-order valence-electron chi connectivity index (χ0n) is 17.8. The monoisotopic (exact) mass is 409 g/mol. The van der Waals surface area contributed by atoms with Crippen molar-refractivity contribution in [1.29, 1.82) is 0 Å². The van der Waals surface area contributed by atoms with E-state index < -0.39 is 0 Å². The van der Waals surface area contributed by atoms with Gasteiger partial charge in [-0.2, -0.15) is 0 Å². The number of nitrogens with one attached hydrogen (secondary N) is 1. The lowest BCUT2D eigenvalue weighted by Crippen LogP contribution is -2.33. The minimum Gasteiger partial charge on any atom is -0.497 e. The van der Waals surface area contributed by atoms with Crippen LogP contribution < -0.4 is 15.0 Å². The number of hydrogen-bond donors (Lipinski definition) is 1. The lowest BCUT2D eigenvalue weighted by molar-refractivity contribution is -0.136. The van der Waals surface area contributed by atoms with E-state index >= 15 is 0 Å². The molecule has 1 aliphatic rings. The molecule has 0 spiro atoms. The van der Waals surface area contributed by atoms with Crippen LogP contribution in [0.3, 0.4) is 0 Å². The van der Waals surface area contributed by atoms with Crippen LogP contribution in [-0.2, 0) is 14.3 Å². The van der Waals surface area contributed by atoms with Crippen LogP contribution in [0.4, 0.5) is 11.4 Å². The summed E-state index contributed by atoms with van der Waals surface area (Å²) in [6, 6.07) is 14.8. The standard InChI is InChI=1S/C23H27N3O4/c1-25(2)18-10-8-17(9-11-18)24-21-20(16-6-12-19(30-4)13-7-16)22(27)26(23(21)28)14-5-15-29-3/h6-13,24H,5,14-15H2,1-4H3. The topological polar surface area (TPSA) is 71.1 Å². The maximum Gasteiger partial charge on any atom is 0.278 e. The first kappa shape index (κ1) is 21.4. The number of carbonyl (C=O) groups excluding carboxylic acids is 2. The number of amides is 2. The van der Waals surface area contributed by atoms with Crippen molar-refractivity contribution in [3.63, 3.8) is 0 Å². The molecular weight excluding hydrogens is 382 g/mol. The number of anilines is 2. The molecule has 2 aromatic carbocycles. The fraction of sp³-hybridized carbons (Fsp3) is 0.304. The maximum absolute atomic E-state index is 13.1. The van der Waals surface area contributed by atoms with Gasteiger partial charge in [-0.1, -0.05) is 12.1 Å². The average Bonchev–Trinajstić information content (AvgIpc) is 2.98. The summed E-state index contributed by atoms with van der Waals surface area (Å²) in [7, 11) is 7.10. The van der Waals surface area contributed by atoms with E-state index in [1.54, 1.807) is 38.5 Å². The first-order valence-electron chi connectivity index (χ1n) is 9.74. The van der Waals surface area contributed by atoms with Gasteiger partial charge in [0.15, 0.2) is 0 Å². The van der Waals surface area contributed by atoms with Crippen LogP contribution in [-0.4, -0.2) is 58.2 Å². The molecule has 0 atom stereocenters. The maximum atomic E-state index is 13.1. The molecule has 0 aromatic heterocycles. The minimum absolute atomic E-state index is 0.278. The van der Waals surface area contributed by atoms with Gasteiger partial charge in [-0.15, -0.1) is 0 Å². The summed E-state index contributed by atoms with van der Waals surface area (Å²) in [5.74, 6) is 0.0362. The number of rotatable bonds is 9. The van der Waals surface area contributed by atoms with Crippen LogP contribution in [0.2, 0.25) is 0 Å². The van der Waals surface area contributed by atoms with Gasteiger partial charge in [-0.25, -0.2) is 0 Å². The average molecular weight is 409 g/mol. The Morgan fingerprint density at radius 1 is 0.933 bits per heavy atom. The first-order chi connectivity index (χ1) is 14.5. The lowest BCUT2D eigenvalue weighted by Gasteiger charge is -2.15. The summed E-state index contributed by atoms with van der Waals surface area (Å²) in [5, 5.41) is 3.17. The molecule has 3 rings (SSSR count). The van der Waals surface area contributed by atoms with Gasteiger partial charge in [-0.3, -0.25) is 14.5 Å². The highest BCUT2D eigenvalue weighted by Crippen LogP contribution is 2.31. The van der Waals surface area contributed by atoms with Crippen LogP contribution in [0.1, 0.15) is 12.0 Å². The van der Waals surface area contributed by atoms with Gasteiger partial charge in [0.25, 0.3) is 11.8 Å². The van der Waals surface area contributed by atoms with Crippen LogP contribution >= 0.6 is 0 Å². The van der Waals surface area contributed by atoms with Gasteiger partial charge in [-0.05, 0) is 48.4 Å². The van der Waals surface area contributed by atoms with Crippen LogP contribution in [0.5, 0.6) is 5.75 Å². The summed E-state index contributed by atoms with van der Waals surface area (Å²) < 4.78 is 10.3. The highest BCUT2D eigenvalue weighted by molar-refractivity contribution is 6.36. The van der Waals surface area contributed by atoms with E-state index in [-0.39, 0.29) is 17.5 Å². The second-order valence-electron chi connectivity index (χ2n) is 7.15. The van der Waals surface area contributed by atoms with E-state index in [1.165, 1.54) is 4.90 Å². The molecule has 0 saturated heterocycles. The molecule has 0 bridgehead atoms. The molecule has 1 heterocycles. The van der Waals surface area contributed by atoms with Crippen molar-refractivity contribution < 1.29 is 19.1 Å². The van der Waals surface area contributed by atoms with E-state index in [0.29, 0.717) is 36.5 Å². The molecule has 158 valence electrons. The van der Waals surface area contributed by atoms with Crippen LogP contribution in [0.25, 0.3) is 5.57 Å². The summed E-state index contributed by atoms with van der Waals surface area (Å²) >= 11 is 0. The molecule has 7 heteroatoms. The van der Waals surface area contributed by atoms with Crippen molar-refractivity contribution >= 4 is 28.8 Å². The Hall–Kier alpha value is -3.32. The summed E-state index contributed by atoms with van der Waals surface area (Å²) in [5.41, 5.74) is 3.08. The molecular formula is C23H27N3O4. The third-order valence-electron chi connectivity index (χ3n) is 4.93. The molecule has 0 aliphatic carbocycles. The fourth-order valence-electron chi connectivity index (χ4n) is 3.27. The van der Waals surface area contributed by atoms with Gasteiger partial charge in [0, 0.05) is 45.7 Å². The Morgan fingerprint density at radius 2 is 1.60 bits per heavy atom. The van der Waals surface area contributed by atoms with Crippen molar-refractivity contribution in [1.82, 2.24) is 4.90 Å². The van der Waals surface area contributed by atoms with E-state index in [1.807, 2.05) is 43.3 Å². The molecule has 0 saturated carbocycles. The molecule has 1 N–H and O–H groups in total. The fourth-order valence-corrected chi connectivity index (χ4v) is 3.27. The second kappa shape index (κ2) is 9.45. The summed E-state index contributed by atoms with van der Waals surface area (Å²) in [4.78, 5) is 29.5. The third kappa shape index (κ3) is 4.46. The molecule has 0 unspecified atom stereocenters. The highest BCUT2D eigenvalue weighted by atomic mass is 16.5. The molecule has 2 aromatic rings. The van der Waals surface area contributed by atoms with Gasteiger partial charge in [0.05, 0.1) is 12.7 Å². The second-order valence-corrected chi connectivity index (χ2v) is 7.15. The van der Waals surface area contributed by atoms with Gasteiger partial charge < -0.3 is 19.7 Å². The Bertz CT molecular complexity index is 934. The predicted octanol–water partition coefficient (Wildman–Crippen LogP) is 2.99.